The fourth-order valence-electron chi connectivity index (χ4n) is 1.38. The smallest absolute Gasteiger partial charge is 0.153 e. The van der Waals surface area contributed by atoms with Gasteiger partial charge in [0.25, 0.3) is 0 Å². The van der Waals surface area contributed by atoms with Crippen LogP contribution in [0.25, 0.3) is 11.3 Å². The predicted octanol–water partition coefficient (Wildman–Crippen LogP) is 3.87. The van der Waals surface area contributed by atoms with E-state index < -0.39 is 0 Å². The van der Waals surface area contributed by atoms with E-state index in [0.717, 1.165) is 11.3 Å². The maximum Gasteiger partial charge on any atom is 0.153 e. The summed E-state index contributed by atoms with van der Waals surface area (Å²) in [5.74, 6) is 0. The fourth-order valence-corrected chi connectivity index (χ4v) is 1.95. The summed E-state index contributed by atoms with van der Waals surface area (Å²) >= 11 is 11.9. The van der Waals surface area contributed by atoms with E-state index in [1.807, 2.05) is 18.2 Å². The number of halogens is 2. The van der Waals surface area contributed by atoms with Crippen LogP contribution in [0.15, 0.2) is 36.5 Å². The third-order valence-corrected chi connectivity index (χ3v) is 2.78. The number of nitrogens with zero attached hydrogens (tertiary/aromatic N) is 1. The largest absolute Gasteiger partial charge is 0.298 e. The van der Waals surface area contributed by atoms with Crippen LogP contribution in [0.5, 0.6) is 0 Å². The van der Waals surface area contributed by atoms with Crippen LogP contribution in [-0.2, 0) is 0 Å². The number of pyridine rings is 1. The third-order valence-electron chi connectivity index (χ3n) is 2.16. The Bertz CT molecular complexity index is 503. The molecule has 0 atom stereocenters. The number of benzene rings is 1. The molecule has 1 aromatic heterocycles. The van der Waals surface area contributed by atoms with Crippen LogP contribution in [0.2, 0.25) is 10.0 Å². The van der Waals surface area contributed by atoms with E-state index in [2.05, 4.69) is 4.98 Å². The van der Waals surface area contributed by atoms with Crippen molar-refractivity contribution in [3.63, 3.8) is 0 Å². The standard InChI is InChI=1S/C12H7Cl2NO/c13-10-5-8(6-11(14)9(10)7-16)12-3-1-2-4-15-12/h1-7H. The summed E-state index contributed by atoms with van der Waals surface area (Å²) < 4.78 is 0. The molecule has 0 amide bonds. The molecule has 1 heterocycles. The fraction of sp³-hybridized carbons (Fsp3) is 0. The van der Waals surface area contributed by atoms with Gasteiger partial charge in [0.15, 0.2) is 6.29 Å². The Labute approximate surface area is 103 Å². The molecule has 2 aromatic rings. The molecule has 0 radical (unpaired) electrons. The highest BCUT2D eigenvalue weighted by molar-refractivity contribution is 6.38. The Balaban J connectivity index is 2.57. The molecule has 0 unspecified atom stereocenters. The SMILES string of the molecule is O=Cc1c(Cl)cc(-c2ccccn2)cc1Cl. The van der Waals surface area contributed by atoms with Crippen molar-refractivity contribution < 1.29 is 4.79 Å². The van der Waals surface area contributed by atoms with Gasteiger partial charge in [-0.1, -0.05) is 29.3 Å². The summed E-state index contributed by atoms with van der Waals surface area (Å²) in [7, 11) is 0. The van der Waals surface area contributed by atoms with Crippen LogP contribution in [0.3, 0.4) is 0 Å². The Morgan fingerprint density at radius 3 is 2.31 bits per heavy atom. The first-order valence-corrected chi connectivity index (χ1v) is 5.33. The molecule has 0 spiro atoms. The molecule has 2 nitrogen and oxygen atoms in total. The number of carbonyl (C=O) groups excluding carboxylic acids is 1. The van der Waals surface area contributed by atoms with Crippen LogP contribution in [0, 0.1) is 0 Å². The van der Waals surface area contributed by atoms with Gasteiger partial charge in [-0.3, -0.25) is 9.78 Å². The average Bonchev–Trinajstić information content (AvgIpc) is 2.30. The Morgan fingerprint density at radius 1 is 1.12 bits per heavy atom. The highest BCUT2D eigenvalue weighted by atomic mass is 35.5. The molecule has 2 rings (SSSR count). The van der Waals surface area contributed by atoms with Crippen LogP contribution in [-0.4, -0.2) is 11.3 Å². The summed E-state index contributed by atoms with van der Waals surface area (Å²) in [6.07, 6.45) is 2.33. The van der Waals surface area contributed by atoms with Crippen molar-refractivity contribution in [1.29, 1.82) is 0 Å². The molecule has 0 saturated carbocycles. The molecule has 0 fully saturated rings. The lowest BCUT2D eigenvalue weighted by molar-refractivity contribution is 0.112. The molecule has 16 heavy (non-hydrogen) atoms. The average molecular weight is 252 g/mol. The lowest BCUT2D eigenvalue weighted by atomic mass is 10.1. The lowest BCUT2D eigenvalue weighted by Gasteiger charge is -2.05. The van der Waals surface area contributed by atoms with Gasteiger partial charge < -0.3 is 0 Å². The van der Waals surface area contributed by atoms with Crippen molar-refractivity contribution in [3.8, 4) is 11.3 Å². The van der Waals surface area contributed by atoms with Gasteiger partial charge in [0.1, 0.15) is 0 Å². The molecular weight excluding hydrogens is 245 g/mol. The number of hydrogen-bond donors (Lipinski definition) is 0. The molecular formula is C12H7Cl2NO. The summed E-state index contributed by atoms with van der Waals surface area (Å²) in [5, 5.41) is 0.673. The van der Waals surface area contributed by atoms with Gasteiger partial charge in [-0.15, -0.1) is 0 Å². The summed E-state index contributed by atoms with van der Waals surface area (Å²) in [5.41, 5.74) is 1.87. The zero-order valence-corrected chi connectivity index (χ0v) is 9.66. The minimum absolute atomic E-state index is 0.308. The van der Waals surface area contributed by atoms with E-state index >= 15 is 0 Å². The quantitative estimate of drug-likeness (QED) is 0.759. The van der Waals surface area contributed by atoms with Gasteiger partial charge in [0.2, 0.25) is 0 Å². The van der Waals surface area contributed by atoms with Crippen LogP contribution in [0.1, 0.15) is 10.4 Å². The van der Waals surface area contributed by atoms with Crippen molar-refractivity contribution in [1.82, 2.24) is 4.98 Å². The molecule has 0 saturated heterocycles. The van der Waals surface area contributed by atoms with Gasteiger partial charge in [-0.25, -0.2) is 0 Å². The highest BCUT2D eigenvalue weighted by Gasteiger charge is 2.08. The van der Waals surface area contributed by atoms with Crippen molar-refractivity contribution in [3.05, 3.63) is 52.1 Å². The zero-order chi connectivity index (χ0) is 11.5. The van der Waals surface area contributed by atoms with Crippen molar-refractivity contribution in [2.75, 3.05) is 0 Å². The van der Waals surface area contributed by atoms with Crippen molar-refractivity contribution >= 4 is 29.5 Å². The normalized spacial score (nSPS) is 10.1. The van der Waals surface area contributed by atoms with Crippen LogP contribution < -0.4 is 0 Å². The molecule has 0 aliphatic heterocycles. The van der Waals surface area contributed by atoms with E-state index in [1.54, 1.807) is 18.3 Å². The third kappa shape index (κ3) is 2.08. The number of rotatable bonds is 2. The minimum Gasteiger partial charge on any atom is -0.298 e. The first kappa shape index (κ1) is 11.1. The van der Waals surface area contributed by atoms with Crippen LogP contribution in [0.4, 0.5) is 0 Å². The first-order valence-electron chi connectivity index (χ1n) is 4.58. The Hall–Kier alpha value is -1.38. The van der Waals surface area contributed by atoms with Gasteiger partial charge >= 0.3 is 0 Å². The minimum atomic E-state index is 0.308. The maximum atomic E-state index is 10.7. The number of hydrogen-bond acceptors (Lipinski definition) is 2. The van der Waals surface area contributed by atoms with Gasteiger partial charge in [0, 0.05) is 11.8 Å². The molecule has 1 aromatic carbocycles. The van der Waals surface area contributed by atoms with Crippen molar-refractivity contribution in [2.24, 2.45) is 0 Å². The molecule has 0 N–H and O–H groups in total. The monoisotopic (exact) mass is 251 g/mol. The Morgan fingerprint density at radius 2 is 1.81 bits per heavy atom. The molecule has 80 valence electrons. The van der Waals surface area contributed by atoms with E-state index in [4.69, 9.17) is 23.2 Å². The topological polar surface area (TPSA) is 30.0 Å². The van der Waals surface area contributed by atoms with E-state index in [0.29, 0.717) is 21.9 Å². The molecule has 4 heteroatoms. The second kappa shape index (κ2) is 4.64. The summed E-state index contributed by atoms with van der Waals surface area (Å²) in [6.45, 7) is 0. The summed E-state index contributed by atoms with van der Waals surface area (Å²) in [4.78, 5) is 14.9. The second-order valence-corrected chi connectivity index (χ2v) is 4.00. The number of aldehydes is 1. The first-order chi connectivity index (χ1) is 7.72. The highest BCUT2D eigenvalue weighted by Crippen LogP contribution is 2.29. The lowest BCUT2D eigenvalue weighted by Crippen LogP contribution is -1.88. The van der Waals surface area contributed by atoms with Crippen molar-refractivity contribution in [2.45, 2.75) is 0 Å². The predicted molar refractivity (Wildman–Crippen MR) is 65.1 cm³/mol. The van der Waals surface area contributed by atoms with Gasteiger partial charge in [-0.05, 0) is 24.3 Å². The van der Waals surface area contributed by atoms with Crippen LogP contribution >= 0.6 is 23.2 Å². The van der Waals surface area contributed by atoms with E-state index in [9.17, 15) is 4.79 Å². The number of aromatic nitrogens is 1. The zero-order valence-electron chi connectivity index (χ0n) is 8.15. The van der Waals surface area contributed by atoms with E-state index in [1.165, 1.54) is 0 Å². The van der Waals surface area contributed by atoms with Gasteiger partial charge in [0.05, 0.1) is 21.3 Å². The number of carbonyl (C=O) groups is 1. The molecule has 0 aliphatic rings. The Kier molecular flexibility index (Phi) is 3.22. The second-order valence-electron chi connectivity index (χ2n) is 3.19. The summed E-state index contributed by atoms with van der Waals surface area (Å²) in [6, 6.07) is 8.91. The van der Waals surface area contributed by atoms with E-state index in [-0.39, 0.29) is 0 Å². The van der Waals surface area contributed by atoms with Gasteiger partial charge in [-0.2, -0.15) is 0 Å². The molecule has 0 bridgehead atoms. The molecule has 0 aliphatic carbocycles. The maximum absolute atomic E-state index is 10.7.